The number of fused-ring (bicyclic) bond motifs is 5. The quantitative estimate of drug-likeness (QED) is 0.717. The van der Waals surface area contributed by atoms with Crippen LogP contribution in [-0.2, 0) is 9.53 Å². The van der Waals surface area contributed by atoms with E-state index in [1.807, 2.05) is 0 Å². The third-order valence-electron chi connectivity index (χ3n) is 8.24. The molecule has 1 saturated heterocycles. The summed E-state index contributed by atoms with van der Waals surface area (Å²) in [7, 11) is 0. The number of carbonyl (C=O) groups is 2. The first-order chi connectivity index (χ1) is 11.3. The van der Waals surface area contributed by atoms with Gasteiger partial charge < -0.3 is 10.1 Å². The first kappa shape index (κ1) is 16.7. The van der Waals surface area contributed by atoms with Crippen LogP contribution in [0.4, 0.5) is 4.79 Å². The second kappa shape index (κ2) is 5.62. The van der Waals surface area contributed by atoms with Crippen LogP contribution in [0.25, 0.3) is 0 Å². The van der Waals surface area contributed by atoms with Crippen molar-refractivity contribution in [2.45, 2.75) is 77.4 Å². The van der Waals surface area contributed by atoms with Crippen LogP contribution in [0.5, 0.6) is 0 Å². The topological polar surface area (TPSA) is 55.4 Å². The summed E-state index contributed by atoms with van der Waals surface area (Å²) in [4.78, 5) is 23.1. The monoisotopic (exact) mass is 353 g/mol. The summed E-state index contributed by atoms with van der Waals surface area (Å²) in [6.07, 6.45) is 8.31. The maximum atomic E-state index is 11.8. The molecule has 0 aromatic carbocycles. The minimum absolute atomic E-state index is 0.0231. The normalized spacial score (nSPS) is 50.3. The van der Waals surface area contributed by atoms with Crippen LogP contribution in [0.3, 0.4) is 0 Å². The Morgan fingerprint density at radius 1 is 1.08 bits per heavy atom. The minimum atomic E-state index is -0.658. The number of carbonyl (C=O) groups excluding carboxylic acids is 2. The smallest absolute Gasteiger partial charge is 0.404 e. The molecule has 0 bridgehead atoms. The van der Waals surface area contributed by atoms with Gasteiger partial charge in [0.15, 0.2) is 0 Å². The number of hydrogen-bond donors (Lipinski definition) is 1. The Hall–Kier alpha value is -0.770. The molecule has 0 spiro atoms. The van der Waals surface area contributed by atoms with Crippen LogP contribution in [-0.4, -0.2) is 23.5 Å². The number of hydrogen-bond acceptors (Lipinski definition) is 3. The highest BCUT2D eigenvalue weighted by Crippen LogP contribution is 2.64. The maximum absolute atomic E-state index is 11.8. The number of halogens is 1. The van der Waals surface area contributed by atoms with Crippen LogP contribution in [0.15, 0.2) is 0 Å². The number of rotatable bonds is 1. The highest BCUT2D eigenvalue weighted by Gasteiger charge is 2.61. The SMILES string of the molecule is C[C@]12CCC(=O)N[C@@H]1CC[C@@H]1[C@@H]2CC[C@]2(C)[C@@H](OC(=O)Cl)CC[C@@H]12. The van der Waals surface area contributed by atoms with Crippen molar-refractivity contribution in [1.82, 2.24) is 5.32 Å². The summed E-state index contributed by atoms with van der Waals surface area (Å²) in [5.41, 5.74) is -0.346. The Kier molecular flexibility index (Phi) is 3.91. The minimum Gasteiger partial charge on any atom is -0.450 e. The molecule has 0 aromatic rings. The van der Waals surface area contributed by atoms with Crippen LogP contribution in [0.2, 0.25) is 0 Å². The van der Waals surface area contributed by atoms with Crippen molar-refractivity contribution in [3.8, 4) is 0 Å². The highest BCUT2D eigenvalue weighted by atomic mass is 35.5. The van der Waals surface area contributed by atoms with E-state index in [-0.39, 0.29) is 22.8 Å². The highest BCUT2D eigenvalue weighted by molar-refractivity contribution is 6.61. The first-order valence-corrected chi connectivity index (χ1v) is 9.88. The zero-order chi connectivity index (χ0) is 17.1. The molecular formula is C19H28ClNO3. The largest absolute Gasteiger partial charge is 0.450 e. The third kappa shape index (κ3) is 2.32. The molecule has 1 aliphatic heterocycles. The molecule has 24 heavy (non-hydrogen) atoms. The predicted molar refractivity (Wildman–Crippen MR) is 91.7 cm³/mol. The van der Waals surface area contributed by atoms with Gasteiger partial charge in [0.25, 0.3) is 0 Å². The van der Waals surface area contributed by atoms with Gasteiger partial charge in [-0.25, -0.2) is 4.79 Å². The van der Waals surface area contributed by atoms with E-state index in [0.717, 1.165) is 32.1 Å². The van der Waals surface area contributed by atoms with Gasteiger partial charge in [-0.2, -0.15) is 0 Å². The maximum Gasteiger partial charge on any atom is 0.404 e. The Bertz CT molecular complexity index is 567. The molecule has 4 nitrogen and oxygen atoms in total. The van der Waals surface area contributed by atoms with E-state index in [0.29, 0.717) is 30.2 Å². The van der Waals surface area contributed by atoms with E-state index >= 15 is 0 Å². The zero-order valence-electron chi connectivity index (χ0n) is 14.6. The molecule has 1 amide bonds. The molecule has 4 rings (SSSR count). The Labute approximate surface area is 149 Å². The van der Waals surface area contributed by atoms with Crippen molar-refractivity contribution < 1.29 is 14.3 Å². The molecule has 0 aromatic heterocycles. The van der Waals surface area contributed by atoms with Gasteiger partial charge in [0.05, 0.1) is 0 Å². The number of piperidine rings is 1. The van der Waals surface area contributed by atoms with Gasteiger partial charge in [-0.3, -0.25) is 4.79 Å². The van der Waals surface area contributed by atoms with Gasteiger partial charge in [-0.05, 0) is 68.1 Å². The molecule has 1 heterocycles. The average molecular weight is 354 g/mol. The van der Waals surface area contributed by atoms with E-state index in [1.165, 1.54) is 12.8 Å². The molecule has 5 heteroatoms. The zero-order valence-corrected chi connectivity index (χ0v) is 15.4. The first-order valence-electron chi connectivity index (χ1n) is 9.50. The molecule has 1 N–H and O–H groups in total. The van der Waals surface area contributed by atoms with Crippen molar-refractivity contribution in [3.63, 3.8) is 0 Å². The summed E-state index contributed by atoms with van der Waals surface area (Å²) < 4.78 is 5.48. The van der Waals surface area contributed by atoms with Gasteiger partial charge in [0.1, 0.15) is 6.10 Å². The predicted octanol–water partition coefficient (Wildman–Crippen LogP) is 4.25. The number of ether oxygens (including phenoxy) is 1. The van der Waals surface area contributed by atoms with Crippen LogP contribution >= 0.6 is 11.6 Å². The number of nitrogens with one attached hydrogen (secondary N) is 1. The van der Waals surface area contributed by atoms with Gasteiger partial charge in [0.2, 0.25) is 5.91 Å². The molecule has 7 atom stereocenters. The number of amides is 1. The van der Waals surface area contributed by atoms with E-state index in [2.05, 4.69) is 19.2 Å². The summed E-state index contributed by atoms with van der Waals surface area (Å²) in [6.45, 7) is 4.71. The Morgan fingerprint density at radius 2 is 1.83 bits per heavy atom. The van der Waals surface area contributed by atoms with Crippen molar-refractivity contribution in [2.24, 2.45) is 28.6 Å². The summed E-state index contributed by atoms with van der Waals surface area (Å²) in [5, 5.41) is 3.27. The van der Waals surface area contributed by atoms with E-state index in [4.69, 9.17) is 16.3 Å². The van der Waals surface area contributed by atoms with Crippen LogP contribution in [0, 0.1) is 28.6 Å². The molecule has 3 saturated carbocycles. The van der Waals surface area contributed by atoms with Crippen molar-refractivity contribution in [2.75, 3.05) is 0 Å². The summed E-state index contributed by atoms with van der Waals surface area (Å²) in [5.74, 6) is 2.22. The second-order valence-corrected chi connectivity index (χ2v) is 9.35. The lowest BCUT2D eigenvalue weighted by molar-refractivity contribution is -0.138. The fraction of sp³-hybridized carbons (Fsp3) is 0.895. The molecule has 4 fully saturated rings. The van der Waals surface area contributed by atoms with Crippen molar-refractivity contribution >= 4 is 22.9 Å². The Morgan fingerprint density at radius 3 is 2.58 bits per heavy atom. The van der Waals surface area contributed by atoms with E-state index in [9.17, 15) is 9.59 Å². The fourth-order valence-corrected chi connectivity index (χ4v) is 7.07. The van der Waals surface area contributed by atoms with Gasteiger partial charge in [-0.1, -0.05) is 13.8 Å². The third-order valence-corrected chi connectivity index (χ3v) is 8.33. The van der Waals surface area contributed by atoms with E-state index < -0.39 is 5.43 Å². The molecule has 134 valence electrons. The van der Waals surface area contributed by atoms with Crippen molar-refractivity contribution in [1.29, 1.82) is 0 Å². The molecule has 0 unspecified atom stereocenters. The summed E-state index contributed by atoms with van der Waals surface area (Å²) in [6, 6.07) is 0.349. The second-order valence-electron chi connectivity index (χ2n) is 9.05. The van der Waals surface area contributed by atoms with Crippen molar-refractivity contribution in [3.05, 3.63) is 0 Å². The molecular weight excluding hydrogens is 326 g/mol. The molecule has 3 aliphatic carbocycles. The summed E-state index contributed by atoms with van der Waals surface area (Å²) >= 11 is 5.51. The molecule has 4 aliphatic rings. The lowest BCUT2D eigenvalue weighted by atomic mass is 9.47. The lowest BCUT2D eigenvalue weighted by Crippen LogP contribution is -2.61. The Balaban J connectivity index is 1.58. The van der Waals surface area contributed by atoms with Gasteiger partial charge in [-0.15, -0.1) is 0 Å². The van der Waals surface area contributed by atoms with E-state index in [1.54, 1.807) is 0 Å². The van der Waals surface area contributed by atoms with Gasteiger partial charge >= 0.3 is 5.43 Å². The van der Waals surface area contributed by atoms with Crippen LogP contribution < -0.4 is 5.32 Å². The van der Waals surface area contributed by atoms with Gasteiger partial charge in [0, 0.05) is 29.5 Å². The lowest BCUT2D eigenvalue weighted by Gasteiger charge is -2.60. The van der Waals surface area contributed by atoms with Crippen LogP contribution in [0.1, 0.15) is 65.2 Å². The standard InChI is InChI=1S/C19H28ClNO3/c1-18-10-8-16(22)21-14(18)5-3-11-12-4-6-15(24-17(20)23)19(12,2)9-7-13(11)18/h11-15H,3-10H2,1-2H3,(H,21,22)/t11-,12-,13-,14+,15-,18+,19-/m0/s1. The molecule has 0 radical (unpaired) electrons. The average Bonchev–Trinajstić information content (AvgIpc) is 2.84. The fourth-order valence-electron chi connectivity index (χ4n) is 6.96.